The third kappa shape index (κ3) is 1.99. The van der Waals surface area contributed by atoms with E-state index in [0.717, 1.165) is 0 Å². The molecule has 0 aromatic heterocycles. The molecule has 0 amide bonds. The molecule has 2 heteroatoms. The molecular formula is C10H21NO. The fourth-order valence-corrected chi connectivity index (χ4v) is 2.24. The minimum absolute atomic E-state index is 0.297. The van der Waals surface area contributed by atoms with Gasteiger partial charge in [-0.15, -0.1) is 0 Å². The van der Waals surface area contributed by atoms with Gasteiger partial charge < -0.3 is 10.5 Å². The Morgan fingerprint density at radius 3 is 2.50 bits per heavy atom. The van der Waals surface area contributed by atoms with Gasteiger partial charge in [-0.1, -0.05) is 13.3 Å². The molecule has 0 bridgehead atoms. The highest BCUT2D eigenvalue weighted by Gasteiger charge is 2.32. The summed E-state index contributed by atoms with van der Waals surface area (Å²) in [6.07, 6.45) is 4.28. The van der Waals surface area contributed by atoms with Crippen LogP contribution in [-0.4, -0.2) is 19.3 Å². The quantitative estimate of drug-likeness (QED) is 0.702. The zero-order chi connectivity index (χ0) is 9.14. The first-order valence-corrected chi connectivity index (χ1v) is 4.95. The molecule has 12 heavy (non-hydrogen) atoms. The number of hydrogen-bond donors (Lipinski definition) is 1. The van der Waals surface area contributed by atoms with Crippen LogP contribution < -0.4 is 5.73 Å². The molecule has 4 unspecified atom stereocenters. The zero-order valence-corrected chi connectivity index (χ0v) is 8.42. The maximum atomic E-state index is 5.88. The monoisotopic (exact) mass is 171 g/mol. The Labute approximate surface area is 75.5 Å². The van der Waals surface area contributed by atoms with Crippen molar-refractivity contribution in [2.24, 2.45) is 17.6 Å². The number of methoxy groups -OCH3 is 1. The Morgan fingerprint density at radius 2 is 2.00 bits per heavy atom. The normalized spacial score (nSPS) is 35.0. The van der Waals surface area contributed by atoms with Gasteiger partial charge in [0.15, 0.2) is 0 Å². The molecule has 1 aliphatic carbocycles. The Kier molecular flexibility index (Phi) is 3.53. The Hall–Kier alpha value is -0.0800. The molecule has 72 valence electrons. The average Bonchev–Trinajstić information content (AvgIpc) is 2.49. The van der Waals surface area contributed by atoms with Crippen LogP contribution in [0.25, 0.3) is 0 Å². The molecule has 0 aromatic rings. The Bertz CT molecular complexity index is 136. The van der Waals surface area contributed by atoms with Gasteiger partial charge >= 0.3 is 0 Å². The van der Waals surface area contributed by atoms with Gasteiger partial charge in [0.25, 0.3) is 0 Å². The van der Waals surface area contributed by atoms with Crippen LogP contribution in [0.2, 0.25) is 0 Å². The van der Waals surface area contributed by atoms with E-state index in [-0.39, 0.29) is 0 Å². The highest BCUT2D eigenvalue weighted by Crippen LogP contribution is 2.34. The summed E-state index contributed by atoms with van der Waals surface area (Å²) in [5.74, 6) is 1.28. The van der Waals surface area contributed by atoms with Crippen LogP contribution in [0.5, 0.6) is 0 Å². The summed E-state index contributed by atoms with van der Waals surface area (Å²) in [5, 5.41) is 0. The second kappa shape index (κ2) is 4.24. The van der Waals surface area contributed by atoms with E-state index in [0.29, 0.717) is 24.0 Å². The largest absolute Gasteiger partial charge is 0.381 e. The lowest BCUT2D eigenvalue weighted by molar-refractivity contribution is 0.0467. The van der Waals surface area contributed by atoms with E-state index in [1.807, 2.05) is 7.11 Å². The van der Waals surface area contributed by atoms with E-state index in [2.05, 4.69) is 13.8 Å². The van der Waals surface area contributed by atoms with Crippen molar-refractivity contribution in [2.45, 2.75) is 45.3 Å². The molecule has 2 N–H and O–H groups in total. The van der Waals surface area contributed by atoms with Crippen LogP contribution in [0.1, 0.15) is 33.1 Å². The number of ether oxygens (including phenoxy) is 1. The first kappa shape index (κ1) is 10.0. The SMILES string of the molecule is COC1CCCC1C(C)C(C)N. The van der Waals surface area contributed by atoms with Crippen molar-refractivity contribution < 1.29 is 4.74 Å². The van der Waals surface area contributed by atoms with E-state index >= 15 is 0 Å². The lowest BCUT2D eigenvalue weighted by Crippen LogP contribution is -2.34. The van der Waals surface area contributed by atoms with Crippen molar-refractivity contribution in [1.29, 1.82) is 0 Å². The summed E-state index contributed by atoms with van der Waals surface area (Å²) in [7, 11) is 1.82. The van der Waals surface area contributed by atoms with E-state index in [9.17, 15) is 0 Å². The number of nitrogens with two attached hydrogens (primary N) is 1. The average molecular weight is 171 g/mol. The highest BCUT2D eigenvalue weighted by molar-refractivity contribution is 4.84. The summed E-state index contributed by atoms with van der Waals surface area (Å²) < 4.78 is 5.44. The van der Waals surface area contributed by atoms with Crippen LogP contribution in [0, 0.1) is 11.8 Å². The Morgan fingerprint density at radius 1 is 1.33 bits per heavy atom. The van der Waals surface area contributed by atoms with Gasteiger partial charge in [0, 0.05) is 13.2 Å². The van der Waals surface area contributed by atoms with Gasteiger partial charge in [0.1, 0.15) is 0 Å². The number of rotatable bonds is 3. The molecule has 0 saturated heterocycles. The Balaban J connectivity index is 2.49. The molecule has 1 rings (SSSR count). The fraction of sp³-hybridized carbons (Fsp3) is 1.00. The minimum Gasteiger partial charge on any atom is -0.381 e. The third-order valence-electron chi connectivity index (χ3n) is 3.31. The topological polar surface area (TPSA) is 35.2 Å². The van der Waals surface area contributed by atoms with Crippen molar-refractivity contribution in [1.82, 2.24) is 0 Å². The van der Waals surface area contributed by atoms with E-state index in [1.54, 1.807) is 0 Å². The second-order valence-electron chi connectivity index (χ2n) is 4.09. The van der Waals surface area contributed by atoms with Crippen LogP contribution >= 0.6 is 0 Å². The maximum absolute atomic E-state index is 5.88. The van der Waals surface area contributed by atoms with E-state index in [1.165, 1.54) is 19.3 Å². The molecule has 1 saturated carbocycles. The lowest BCUT2D eigenvalue weighted by Gasteiger charge is -2.27. The summed E-state index contributed by atoms with van der Waals surface area (Å²) in [4.78, 5) is 0. The van der Waals surface area contributed by atoms with Crippen molar-refractivity contribution in [3.05, 3.63) is 0 Å². The highest BCUT2D eigenvalue weighted by atomic mass is 16.5. The van der Waals surface area contributed by atoms with Gasteiger partial charge in [-0.2, -0.15) is 0 Å². The van der Waals surface area contributed by atoms with E-state index in [4.69, 9.17) is 10.5 Å². The predicted molar refractivity (Wildman–Crippen MR) is 51.0 cm³/mol. The first-order chi connectivity index (χ1) is 5.66. The molecule has 1 aliphatic rings. The van der Waals surface area contributed by atoms with Gasteiger partial charge in [-0.25, -0.2) is 0 Å². The lowest BCUT2D eigenvalue weighted by atomic mass is 9.86. The van der Waals surface area contributed by atoms with Gasteiger partial charge in [-0.3, -0.25) is 0 Å². The van der Waals surface area contributed by atoms with Crippen LogP contribution in [-0.2, 0) is 4.74 Å². The minimum atomic E-state index is 0.297. The van der Waals surface area contributed by atoms with Crippen LogP contribution in [0.15, 0.2) is 0 Å². The zero-order valence-electron chi connectivity index (χ0n) is 8.42. The van der Waals surface area contributed by atoms with Crippen molar-refractivity contribution in [3.63, 3.8) is 0 Å². The van der Waals surface area contributed by atoms with Crippen LogP contribution in [0.3, 0.4) is 0 Å². The fourth-order valence-electron chi connectivity index (χ4n) is 2.24. The van der Waals surface area contributed by atoms with Crippen molar-refractivity contribution in [3.8, 4) is 0 Å². The van der Waals surface area contributed by atoms with Gasteiger partial charge in [-0.05, 0) is 31.6 Å². The van der Waals surface area contributed by atoms with Crippen molar-refractivity contribution >= 4 is 0 Å². The molecule has 2 nitrogen and oxygen atoms in total. The summed E-state index contributed by atoms with van der Waals surface area (Å²) >= 11 is 0. The number of hydrogen-bond acceptors (Lipinski definition) is 2. The third-order valence-corrected chi connectivity index (χ3v) is 3.31. The molecule has 0 aromatic carbocycles. The first-order valence-electron chi connectivity index (χ1n) is 4.95. The van der Waals surface area contributed by atoms with Crippen molar-refractivity contribution in [2.75, 3.05) is 7.11 Å². The summed E-state index contributed by atoms with van der Waals surface area (Å²) in [6, 6.07) is 0.297. The second-order valence-corrected chi connectivity index (χ2v) is 4.09. The molecular weight excluding hydrogens is 150 g/mol. The van der Waals surface area contributed by atoms with Crippen LogP contribution in [0.4, 0.5) is 0 Å². The summed E-state index contributed by atoms with van der Waals surface area (Å²) in [6.45, 7) is 4.34. The summed E-state index contributed by atoms with van der Waals surface area (Å²) in [5.41, 5.74) is 5.88. The predicted octanol–water partition coefficient (Wildman–Crippen LogP) is 1.78. The molecule has 0 aliphatic heterocycles. The molecule has 0 radical (unpaired) electrons. The van der Waals surface area contributed by atoms with E-state index < -0.39 is 0 Å². The van der Waals surface area contributed by atoms with Gasteiger partial charge in [0.2, 0.25) is 0 Å². The molecule has 1 fully saturated rings. The smallest absolute Gasteiger partial charge is 0.0602 e. The molecule has 4 atom stereocenters. The molecule has 0 spiro atoms. The molecule has 0 heterocycles. The van der Waals surface area contributed by atoms with Gasteiger partial charge in [0.05, 0.1) is 6.10 Å². The maximum Gasteiger partial charge on any atom is 0.0602 e. The standard InChI is InChI=1S/C10H21NO/c1-7(8(2)11)9-5-4-6-10(9)12-3/h7-10H,4-6,11H2,1-3H3.